The molecule has 660 valence electrons. The maximum atomic E-state index is 9.01. The number of phenols is 2. The Morgan fingerprint density at radius 2 is 0.739 bits per heavy atom. The molecule has 2 bridgehead atoms. The van der Waals surface area contributed by atoms with Crippen LogP contribution in [-0.2, 0) is 18.9 Å². The molecule has 0 radical (unpaired) electrons. The average molecular weight is 1630 g/mol. The molecule has 5 aliphatic carbocycles. The van der Waals surface area contributed by atoms with Gasteiger partial charge in [-0.3, -0.25) is 0 Å². The van der Waals surface area contributed by atoms with E-state index < -0.39 is 0 Å². The van der Waals surface area contributed by atoms with E-state index >= 15 is 0 Å². The van der Waals surface area contributed by atoms with Crippen LogP contribution >= 0.6 is 0 Å². The Hall–Kier alpha value is -6.82. The van der Waals surface area contributed by atoms with Gasteiger partial charge in [-0.25, -0.2) is 0 Å². The number of hydrogen-bond acceptors (Lipinski definition) is 10. The van der Waals surface area contributed by atoms with Gasteiger partial charge in [-0.2, -0.15) is 0 Å². The third-order valence-electron chi connectivity index (χ3n) is 26.6. The highest BCUT2D eigenvalue weighted by Gasteiger charge is 2.55. The molecule has 0 amide bonds. The van der Waals surface area contributed by atoms with E-state index in [-0.39, 0.29) is 48.2 Å². The number of ether oxygens (including phenoxy) is 8. The molecule has 7 aromatic rings. The van der Waals surface area contributed by atoms with E-state index in [0.717, 1.165) is 90.4 Å². The average Bonchev–Trinajstić information content (AvgIpc) is 1.60. The van der Waals surface area contributed by atoms with Gasteiger partial charge >= 0.3 is 0 Å². The van der Waals surface area contributed by atoms with Crippen molar-refractivity contribution < 1.29 is 48.1 Å². The van der Waals surface area contributed by atoms with Crippen LogP contribution in [-0.4, -0.2) is 54.2 Å². The molecule has 0 saturated heterocycles. The molecule has 2 N–H and O–H groups in total. The zero-order valence-electron chi connectivity index (χ0n) is 78.5. The van der Waals surface area contributed by atoms with Gasteiger partial charge in [-0.05, 0) is 288 Å². The van der Waals surface area contributed by atoms with Crippen molar-refractivity contribution in [2.24, 2.45) is 52.3 Å². The Morgan fingerprint density at radius 1 is 0.370 bits per heavy atom. The van der Waals surface area contributed by atoms with Gasteiger partial charge in [0.1, 0.15) is 34.5 Å². The third kappa shape index (κ3) is 32.4. The second-order valence-corrected chi connectivity index (χ2v) is 38.3. The van der Waals surface area contributed by atoms with Crippen molar-refractivity contribution in [2.75, 3.05) is 6.61 Å². The number of benzene rings is 7. The topological polar surface area (TPSA) is 114 Å². The van der Waals surface area contributed by atoms with Gasteiger partial charge in [0, 0.05) is 22.7 Å². The lowest BCUT2D eigenvalue weighted by Gasteiger charge is -2.40. The van der Waals surface area contributed by atoms with E-state index in [1.165, 1.54) is 143 Å². The van der Waals surface area contributed by atoms with Crippen LogP contribution in [0.1, 0.15) is 375 Å². The molecule has 0 aliphatic heterocycles. The van der Waals surface area contributed by atoms with E-state index in [1.807, 2.05) is 68.4 Å². The first-order valence-corrected chi connectivity index (χ1v) is 47.2. The lowest BCUT2D eigenvalue weighted by atomic mass is 9.75. The van der Waals surface area contributed by atoms with Crippen LogP contribution in [0.15, 0.2) is 176 Å². The SMILES string of the molecule is CCC(C)c1ccc(O)cc1.CCC(C)c1ccc(O)cc1.CCC(C)c1ccc(OC(OC(C)C)C(C)C)cc1.CCC(C)c1ccc(OC(OC(C)c2ccccc2)C(C)(C)C)cc1.CCC(C)c1ccc(OC(OC2CC3CC2C2CCCC32)C(C)C)cc1.CCC(C)c1ccc(OC(OCC2CCCCC2)C2(C)CCCCC2)cc1. The summed E-state index contributed by atoms with van der Waals surface area (Å²) in [6.07, 6.45) is 27.0. The van der Waals surface area contributed by atoms with Gasteiger partial charge in [0.05, 0.1) is 24.9 Å². The standard InChI is InChI=1S/C25H40O2.C24H36O2.C23H32O2.C17H28O2.2C10H14O/c1-4-20(2)22-13-15-23(16-14-22)27-24(25(3)17-9-6-10-18-25)26-19-21-11-7-5-8-12-21;1-5-16(4)17-9-11-19(12-10-17)25-24(15(2)3)26-23-14-18-13-22(23)21-8-6-7-20(18)21;1-7-17(2)19-13-15-21(16-14-19)25-22(23(4,5)6)24-18(3)20-11-9-8-10-12-20;1-7-14(6)15-8-10-16(11-9-15)19-17(12(2)3)18-13(4)5;2*1-3-8(2)9-4-6-10(11)7-5-9/h13-16,20-21,24H,4-12,17-19H2,1-3H3;9-12,15-16,18,20-24H,5-8,13-14H2,1-4H3;8-18,22H,7H2,1-6H3;8-14,17H,7H2,1-6H3;2*4-8,11H,3H2,1-2H3. The molecule has 16 atom stereocenters. The van der Waals surface area contributed by atoms with Crippen LogP contribution in [0.3, 0.4) is 0 Å². The predicted molar refractivity (Wildman–Crippen MR) is 499 cm³/mol. The van der Waals surface area contributed by atoms with Gasteiger partial charge < -0.3 is 48.1 Å². The molecule has 0 aromatic heterocycles. The Kier molecular flexibility index (Phi) is 42.3. The molecule has 0 spiro atoms. The summed E-state index contributed by atoms with van der Waals surface area (Å²) in [5.74, 6) is 13.0. The molecule has 16 unspecified atom stereocenters. The lowest BCUT2D eigenvalue weighted by molar-refractivity contribution is -0.171. The Bertz CT molecular complexity index is 3750. The molecule has 12 rings (SSSR count). The predicted octanol–water partition coefficient (Wildman–Crippen LogP) is 31.4. The fourth-order valence-corrected chi connectivity index (χ4v) is 17.2. The van der Waals surface area contributed by atoms with Crippen LogP contribution in [0.5, 0.6) is 34.5 Å². The number of aromatic hydroxyl groups is 2. The van der Waals surface area contributed by atoms with Crippen molar-refractivity contribution in [1.82, 2.24) is 0 Å². The maximum absolute atomic E-state index is 9.01. The number of phenolic OH excluding ortho intramolecular Hbond substituents is 2. The van der Waals surface area contributed by atoms with E-state index in [1.54, 1.807) is 24.3 Å². The van der Waals surface area contributed by atoms with Crippen molar-refractivity contribution in [2.45, 2.75) is 373 Å². The van der Waals surface area contributed by atoms with Crippen LogP contribution < -0.4 is 18.9 Å². The summed E-state index contributed by atoms with van der Waals surface area (Å²) in [5, 5.41) is 18.0. The van der Waals surface area contributed by atoms with Crippen LogP contribution in [0.25, 0.3) is 0 Å². The summed E-state index contributed by atoms with van der Waals surface area (Å²) < 4.78 is 50.1. The maximum Gasteiger partial charge on any atom is 0.205 e. The highest BCUT2D eigenvalue weighted by atomic mass is 16.7. The quantitative estimate of drug-likeness (QED) is 0.0386. The number of rotatable bonds is 33. The molecular formula is C109H164O10. The lowest BCUT2D eigenvalue weighted by Crippen LogP contribution is -2.41. The Labute approximate surface area is 725 Å². The summed E-state index contributed by atoms with van der Waals surface area (Å²) in [6.45, 7) is 51.1. The highest BCUT2D eigenvalue weighted by molar-refractivity contribution is 5.34. The molecule has 5 aliphatic rings. The number of fused-ring (bicyclic) bond motifs is 5. The minimum atomic E-state index is -0.322. The summed E-state index contributed by atoms with van der Waals surface area (Å²) in [4.78, 5) is 0. The van der Waals surface area contributed by atoms with Crippen LogP contribution in [0.2, 0.25) is 0 Å². The van der Waals surface area contributed by atoms with Gasteiger partial charge in [0.2, 0.25) is 25.2 Å². The normalized spacial score (nSPS) is 20.8. The first kappa shape index (κ1) is 99.3. The van der Waals surface area contributed by atoms with E-state index in [2.05, 4.69) is 242 Å². The Morgan fingerprint density at radius 3 is 1.13 bits per heavy atom. The smallest absolute Gasteiger partial charge is 0.205 e. The van der Waals surface area contributed by atoms with Crippen molar-refractivity contribution >= 4 is 0 Å². The summed E-state index contributed by atoms with van der Waals surface area (Å²) in [7, 11) is 0. The zero-order valence-corrected chi connectivity index (χ0v) is 78.5. The Balaban J connectivity index is 0.000000203. The zero-order chi connectivity index (χ0) is 86.8. The summed E-state index contributed by atoms with van der Waals surface area (Å²) in [6, 6.07) is 59.3. The van der Waals surface area contributed by atoms with Gasteiger partial charge in [0.25, 0.3) is 0 Å². The monoisotopic (exact) mass is 1630 g/mol. The molecule has 5 saturated carbocycles. The van der Waals surface area contributed by atoms with Gasteiger partial charge in [-0.1, -0.05) is 287 Å². The molecular weight excluding hydrogens is 1470 g/mol. The second-order valence-electron chi connectivity index (χ2n) is 38.3. The van der Waals surface area contributed by atoms with E-state index in [0.29, 0.717) is 64.9 Å². The van der Waals surface area contributed by atoms with Crippen LogP contribution in [0, 0.1) is 52.3 Å². The highest BCUT2D eigenvalue weighted by Crippen LogP contribution is 2.60. The van der Waals surface area contributed by atoms with E-state index in [4.69, 9.17) is 48.1 Å². The number of hydrogen-bond donors (Lipinski definition) is 2. The summed E-state index contributed by atoms with van der Waals surface area (Å²) in [5.41, 5.74) is 9.26. The van der Waals surface area contributed by atoms with Crippen LogP contribution in [0.4, 0.5) is 0 Å². The van der Waals surface area contributed by atoms with Gasteiger partial charge in [0.15, 0.2) is 0 Å². The third-order valence-corrected chi connectivity index (χ3v) is 26.6. The minimum Gasteiger partial charge on any atom is -0.508 e. The fraction of sp³-hybridized carbons (Fsp3) is 0.615. The van der Waals surface area contributed by atoms with E-state index in [9.17, 15) is 0 Å². The van der Waals surface area contributed by atoms with Crippen molar-refractivity contribution in [3.63, 3.8) is 0 Å². The largest absolute Gasteiger partial charge is 0.508 e. The second kappa shape index (κ2) is 50.7. The molecule has 10 heteroatoms. The van der Waals surface area contributed by atoms with Gasteiger partial charge in [-0.15, -0.1) is 0 Å². The first-order chi connectivity index (χ1) is 56.9. The van der Waals surface area contributed by atoms with Crippen molar-refractivity contribution in [1.29, 1.82) is 0 Å². The molecule has 7 aromatic carbocycles. The first-order valence-electron chi connectivity index (χ1n) is 47.2. The van der Waals surface area contributed by atoms with Crippen molar-refractivity contribution in [3.05, 3.63) is 215 Å². The molecule has 5 fully saturated rings. The fourth-order valence-electron chi connectivity index (χ4n) is 17.2. The minimum absolute atomic E-state index is 0.0233. The van der Waals surface area contributed by atoms with Crippen molar-refractivity contribution in [3.8, 4) is 34.5 Å². The molecule has 119 heavy (non-hydrogen) atoms. The summed E-state index contributed by atoms with van der Waals surface area (Å²) >= 11 is 0. The molecule has 10 nitrogen and oxygen atoms in total. The molecule has 0 heterocycles.